The number of pyridine rings is 1. The summed E-state index contributed by atoms with van der Waals surface area (Å²) in [6, 6.07) is 4.00. The van der Waals surface area contributed by atoms with Gasteiger partial charge < -0.3 is 0 Å². The molecular weight excluding hydrogens is 200 g/mol. The minimum Gasteiger partial charge on any atom is -0.264 e. The lowest BCUT2D eigenvalue weighted by atomic mass is 10.2. The third-order valence-corrected chi connectivity index (χ3v) is 1.81. The molecule has 0 saturated carbocycles. The Hall–Kier alpha value is -1.71. The highest BCUT2D eigenvalue weighted by atomic mass is 15.2. The second-order valence-electron chi connectivity index (χ2n) is 2.98. The van der Waals surface area contributed by atoms with E-state index in [0.717, 1.165) is 11.5 Å². The van der Waals surface area contributed by atoms with E-state index in [1.807, 2.05) is 40.0 Å². The average molecular weight is 220 g/mol. The smallest absolute Gasteiger partial charge is 0.137 e. The van der Waals surface area contributed by atoms with Gasteiger partial charge >= 0.3 is 0 Å². The van der Waals surface area contributed by atoms with Crippen molar-refractivity contribution >= 4 is 0 Å². The molecule has 4 heteroatoms. The molecule has 88 valence electrons. The molecule has 0 saturated heterocycles. The summed E-state index contributed by atoms with van der Waals surface area (Å²) in [7, 11) is 0. The summed E-state index contributed by atoms with van der Waals surface area (Å²) < 4.78 is 0. The van der Waals surface area contributed by atoms with Gasteiger partial charge in [-0.25, -0.2) is 4.98 Å². The van der Waals surface area contributed by atoms with E-state index in [1.165, 1.54) is 11.9 Å². The van der Waals surface area contributed by atoms with Crippen LogP contribution in [0.25, 0.3) is 0 Å². The van der Waals surface area contributed by atoms with E-state index in [9.17, 15) is 0 Å². The second-order valence-corrected chi connectivity index (χ2v) is 2.98. The van der Waals surface area contributed by atoms with Crippen molar-refractivity contribution in [3.8, 4) is 0 Å². The Morgan fingerprint density at radius 1 is 1.06 bits per heavy atom. The number of aromatic nitrogens is 4. The summed E-state index contributed by atoms with van der Waals surface area (Å²) in [5, 5.41) is 6.22. The predicted octanol–water partition coefficient (Wildman–Crippen LogP) is 2.84. The van der Waals surface area contributed by atoms with Crippen molar-refractivity contribution in [3.63, 3.8) is 0 Å². The van der Waals surface area contributed by atoms with Crippen LogP contribution in [0.1, 0.15) is 30.9 Å². The molecule has 4 nitrogen and oxygen atoms in total. The maximum absolute atomic E-state index is 4.08. The number of nitrogens with one attached hydrogen (secondary N) is 1. The van der Waals surface area contributed by atoms with Crippen LogP contribution in [0, 0.1) is 20.8 Å². The third kappa shape index (κ3) is 5.90. The van der Waals surface area contributed by atoms with Crippen molar-refractivity contribution < 1.29 is 0 Å². The van der Waals surface area contributed by atoms with E-state index < -0.39 is 0 Å². The fourth-order valence-corrected chi connectivity index (χ4v) is 0.831. The van der Waals surface area contributed by atoms with Crippen molar-refractivity contribution in [3.05, 3.63) is 41.7 Å². The minimum atomic E-state index is 0.856. The number of hydrogen-bond acceptors (Lipinski definition) is 3. The number of aromatic amines is 1. The predicted molar refractivity (Wildman–Crippen MR) is 66.2 cm³/mol. The van der Waals surface area contributed by atoms with Crippen LogP contribution in [-0.2, 0) is 0 Å². The van der Waals surface area contributed by atoms with Gasteiger partial charge in [0.05, 0.1) is 0 Å². The van der Waals surface area contributed by atoms with Crippen molar-refractivity contribution in [2.75, 3.05) is 0 Å². The zero-order valence-corrected chi connectivity index (χ0v) is 10.7. The SMILES string of the molecule is CC.Cc1cccnc1C.Cc1ncn[nH]1. The molecule has 2 heterocycles. The number of nitrogens with zero attached hydrogens (tertiary/aromatic N) is 3. The molecule has 0 aromatic carbocycles. The molecule has 0 unspecified atom stereocenters. The van der Waals surface area contributed by atoms with Gasteiger partial charge in [0.1, 0.15) is 12.2 Å². The molecule has 0 atom stereocenters. The van der Waals surface area contributed by atoms with Crippen molar-refractivity contribution in [2.45, 2.75) is 34.6 Å². The van der Waals surface area contributed by atoms with E-state index in [0.29, 0.717) is 0 Å². The van der Waals surface area contributed by atoms with Crippen molar-refractivity contribution in [2.24, 2.45) is 0 Å². The summed E-state index contributed by atoms with van der Waals surface area (Å²) in [6.07, 6.45) is 3.29. The molecule has 2 aromatic heterocycles. The van der Waals surface area contributed by atoms with Crippen molar-refractivity contribution in [1.29, 1.82) is 0 Å². The molecule has 0 radical (unpaired) electrons. The molecule has 0 aliphatic carbocycles. The van der Waals surface area contributed by atoms with Crippen LogP contribution < -0.4 is 0 Å². The number of hydrogen-bond donors (Lipinski definition) is 1. The first-order valence-electron chi connectivity index (χ1n) is 5.40. The maximum atomic E-state index is 4.08. The van der Waals surface area contributed by atoms with Crippen LogP contribution in [0.2, 0.25) is 0 Å². The van der Waals surface area contributed by atoms with Crippen LogP contribution in [0.15, 0.2) is 24.7 Å². The number of rotatable bonds is 0. The summed E-state index contributed by atoms with van der Waals surface area (Å²) in [6.45, 7) is 9.92. The van der Waals surface area contributed by atoms with Gasteiger partial charge in [-0.1, -0.05) is 19.9 Å². The average Bonchev–Trinajstić information content (AvgIpc) is 2.78. The van der Waals surface area contributed by atoms with E-state index >= 15 is 0 Å². The molecule has 0 bridgehead atoms. The molecule has 0 spiro atoms. The monoisotopic (exact) mass is 220 g/mol. The Labute approximate surface area is 97.2 Å². The highest BCUT2D eigenvalue weighted by Crippen LogP contribution is 1.98. The van der Waals surface area contributed by atoms with Gasteiger partial charge in [0.15, 0.2) is 0 Å². The lowest BCUT2D eigenvalue weighted by molar-refractivity contribution is 1.04. The minimum absolute atomic E-state index is 0.856. The molecule has 2 rings (SSSR count). The fourth-order valence-electron chi connectivity index (χ4n) is 0.831. The summed E-state index contributed by atoms with van der Waals surface area (Å²) in [5.74, 6) is 0.856. The molecule has 1 N–H and O–H groups in total. The largest absolute Gasteiger partial charge is 0.264 e. The lowest BCUT2D eigenvalue weighted by Gasteiger charge is -1.92. The van der Waals surface area contributed by atoms with Crippen LogP contribution >= 0.6 is 0 Å². The highest BCUT2D eigenvalue weighted by Gasteiger charge is 1.85. The quantitative estimate of drug-likeness (QED) is 0.742. The van der Waals surface area contributed by atoms with Crippen molar-refractivity contribution in [1.82, 2.24) is 20.2 Å². The van der Waals surface area contributed by atoms with Crippen LogP contribution in [0.3, 0.4) is 0 Å². The maximum Gasteiger partial charge on any atom is 0.137 e. The van der Waals surface area contributed by atoms with Gasteiger partial charge in [-0.05, 0) is 32.4 Å². The topological polar surface area (TPSA) is 54.5 Å². The lowest BCUT2D eigenvalue weighted by Crippen LogP contribution is -1.81. The molecule has 16 heavy (non-hydrogen) atoms. The first-order valence-corrected chi connectivity index (χ1v) is 5.40. The van der Waals surface area contributed by atoms with Gasteiger partial charge in [0.2, 0.25) is 0 Å². The van der Waals surface area contributed by atoms with Gasteiger partial charge in [0.25, 0.3) is 0 Å². The Morgan fingerprint density at radius 2 is 1.75 bits per heavy atom. The van der Waals surface area contributed by atoms with Gasteiger partial charge in [-0.3, -0.25) is 10.1 Å². The Kier molecular flexibility index (Phi) is 7.67. The number of aryl methyl sites for hydroxylation is 3. The van der Waals surface area contributed by atoms with Gasteiger partial charge in [0, 0.05) is 11.9 Å². The van der Waals surface area contributed by atoms with E-state index in [1.54, 1.807) is 0 Å². The Bertz CT molecular complexity index is 347. The van der Waals surface area contributed by atoms with Crippen LogP contribution in [-0.4, -0.2) is 20.2 Å². The normalized spacial score (nSPS) is 8.31. The fraction of sp³-hybridized carbons (Fsp3) is 0.417. The Morgan fingerprint density at radius 3 is 2.00 bits per heavy atom. The molecule has 0 amide bonds. The first-order chi connectivity index (χ1) is 7.70. The van der Waals surface area contributed by atoms with E-state index in [2.05, 4.69) is 33.2 Å². The summed E-state index contributed by atoms with van der Waals surface area (Å²) >= 11 is 0. The first kappa shape index (κ1) is 14.3. The molecule has 0 fully saturated rings. The van der Waals surface area contributed by atoms with Crippen LogP contribution in [0.4, 0.5) is 0 Å². The van der Waals surface area contributed by atoms with E-state index in [4.69, 9.17) is 0 Å². The number of H-pyrrole nitrogens is 1. The molecular formula is C12H20N4. The zero-order chi connectivity index (χ0) is 12.4. The Balaban J connectivity index is 0.000000251. The third-order valence-electron chi connectivity index (χ3n) is 1.81. The second kappa shape index (κ2) is 8.59. The van der Waals surface area contributed by atoms with Crippen LogP contribution in [0.5, 0.6) is 0 Å². The zero-order valence-electron chi connectivity index (χ0n) is 10.7. The molecule has 0 aliphatic rings. The van der Waals surface area contributed by atoms with Gasteiger partial charge in [-0.2, -0.15) is 5.10 Å². The van der Waals surface area contributed by atoms with E-state index in [-0.39, 0.29) is 0 Å². The molecule has 2 aromatic rings. The molecule has 0 aliphatic heterocycles. The van der Waals surface area contributed by atoms with Gasteiger partial charge in [-0.15, -0.1) is 0 Å². The summed E-state index contributed by atoms with van der Waals surface area (Å²) in [4.78, 5) is 7.83. The standard InChI is InChI=1S/C7H9N.C3H5N3.C2H6/c1-6-4-3-5-8-7(6)2;1-3-4-2-5-6-3;1-2/h3-5H,1-2H3;2H,1H3,(H,4,5,6);1-2H3. The highest BCUT2D eigenvalue weighted by molar-refractivity contribution is 5.15. The summed E-state index contributed by atoms with van der Waals surface area (Å²) in [5.41, 5.74) is 2.38.